The van der Waals surface area contributed by atoms with E-state index < -0.39 is 11.9 Å². The van der Waals surface area contributed by atoms with Gasteiger partial charge in [0.15, 0.2) is 0 Å². The van der Waals surface area contributed by atoms with Crippen LogP contribution < -0.4 is 9.47 Å². The highest BCUT2D eigenvalue weighted by molar-refractivity contribution is 5.83. The van der Waals surface area contributed by atoms with E-state index in [1.54, 1.807) is 0 Å². The lowest BCUT2D eigenvalue weighted by molar-refractivity contribution is -0.129. The lowest BCUT2D eigenvalue weighted by Crippen LogP contribution is -2.23. The molecule has 0 heterocycles. The molecule has 0 unspecified atom stereocenters. The molecule has 0 aliphatic rings. The average molecular weight is 463 g/mol. The van der Waals surface area contributed by atoms with Crippen molar-refractivity contribution in [3.05, 3.63) is 85.0 Å². The molecule has 0 aliphatic carbocycles. The molecular weight excluding hydrogens is 424 g/mol. The maximum absolute atomic E-state index is 11.5. The Morgan fingerprint density at radius 1 is 0.706 bits per heavy atom. The number of unbranched alkanes of at least 4 members (excludes halogenated alkanes) is 7. The first kappa shape index (κ1) is 27.1. The lowest BCUT2D eigenvalue weighted by Gasteiger charge is -2.31. The summed E-state index contributed by atoms with van der Waals surface area (Å²) < 4.78 is 10.5. The van der Waals surface area contributed by atoms with Crippen molar-refractivity contribution in [2.24, 2.45) is 0 Å². The third-order valence-electron chi connectivity index (χ3n) is 6.28. The number of hydrogen-bond acceptors (Lipinski definition) is 4. The molecule has 0 bridgehead atoms. The summed E-state index contributed by atoms with van der Waals surface area (Å²) in [5, 5.41) is 0. The molecule has 0 aliphatic heterocycles. The van der Waals surface area contributed by atoms with Crippen molar-refractivity contribution in [3.8, 4) is 11.5 Å². The molecule has 0 atom stereocenters. The molecule has 2 aromatic rings. The minimum Gasteiger partial charge on any atom is -0.423 e. The van der Waals surface area contributed by atoms with Gasteiger partial charge in [0.05, 0.1) is 0 Å². The molecule has 2 rings (SSSR count). The van der Waals surface area contributed by atoms with E-state index in [0.29, 0.717) is 11.5 Å². The molecule has 0 radical (unpaired) electrons. The Hall–Kier alpha value is -3.14. The number of ether oxygens (including phenoxy) is 2. The van der Waals surface area contributed by atoms with Crippen LogP contribution >= 0.6 is 0 Å². The van der Waals surface area contributed by atoms with Crippen molar-refractivity contribution < 1.29 is 19.1 Å². The van der Waals surface area contributed by atoms with Crippen LogP contribution in [0.25, 0.3) is 0 Å². The van der Waals surface area contributed by atoms with Gasteiger partial charge in [-0.1, -0.05) is 103 Å². The molecule has 4 nitrogen and oxygen atoms in total. The van der Waals surface area contributed by atoms with E-state index in [0.717, 1.165) is 36.1 Å². The van der Waals surface area contributed by atoms with Crippen molar-refractivity contribution in [1.29, 1.82) is 0 Å². The first-order valence-electron chi connectivity index (χ1n) is 12.3. The van der Waals surface area contributed by atoms with Crippen LogP contribution in [-0.4, -0.2) is 11.9 Å². The summed E-state index contributed by atoms with van der Waals surface area (Å²) in [7, 11) is 0. The number of carbonyl (C=O) groups is 2. The largest absolute Gasteiger partial charge is 0.423 e. The van der Waals surface area contributed by atoms with Crippen LogP contribution in [0.5, 0.6) is 11.5 Å². The normalized spacial score (nSPS) is 11.0. The summed E-state index contributed by atoms with van der Waals surface area (Å²) in [6.45, 7) is 11.4. The molecule has 0 saturated carbocycles. The molecular formula is C30H38O4. The second kappa shape index (κ2) is 14.2. The van der Waals surface area contributed by atoms with Gasteiger partial charge in [-0.15, -0.1) is 0 Å². The maximum atomic E-state index is 11.5. The first-order valence-corrected chi connectivity index (χ1v) is 12.3. The number of hydrogen-bond donors (Lipinski definition) is 0. The van der Waals surface area contributed by atoms with Crippen molar-refractivity contribution in [3.63, 3.8) is 0 Å². The Balaban J connectivity index is 2.15. The Morgan fingerprint density at radius 2 is 1.09 bits per heavy atom. The second-order valence-electron chi connectivity index (χ2n) is 8.86. The van der Waals surface area contributed by atoms with Crippen molar-refractivity contribution in [1.82, 2.24) is 0 Å². The standard InChI is InChI=1S/C30H38O4/c1-5-8-9-10-11-12-13-14-23-30(4,24-15-19-26(20-16-24)33-28(31)6-2)25-17-21-27(22-18-25)34-29(32)7-3/h6-7,15-22H,2-3,5,8-14,23H2,1,4H3. The summed E-state index contributed by atoms with van der Waals surface area (Å²) in [5.41, 5.74) is 2.05. The molecule has 0 saturated heterocycles. The summed E-state index contributed by atoms with van der Waals surface area (Å²) in [4.78, 5) is 23.0. The quantitative estimate of drug-likeness (QED) is 0.118. The summed E-state index contributed by atoms with van der Waals surface area (Å²) in [5.74, 6) is 0.0442. The molecule has 0 aromatic heterocycles. The smallest absolute Gasteiger partial charge is 0.335 e. The maximum Gasteiger partial charge on any atom is 0.335 e. The van der Waals surface area contributed by atoms with E-state index in [1.165, 1.54) is 44.9 Å². The second-order valence-corrected chi connectivity index (χ2v) is 8.86. The van der Waals surface area contributed by atoms with Gasteiger partial charge in [-0.05, 0) is 41.8 Å². The van der Waals surface area contributed by atoms with Crippen molar-refractivity contribution in [2.75, 3.05) is 0 Å². The molecule has 182 valence electrons. The van der Waals surface area contributed by atoms with Crippen LogP contribution in [0.15, 0.2) is 73.8 Å². The van der Waals surface area contributed by atoms with Gasteiger partial charge >= 0.3 is 11.9 Å². The zero-order chi connectivity index (χ0) is 24.8. The SMILES string of the molecule is C=CC(=O)Oc1ccc(C(C)(CCCCCCCCCC)c2ccc(OC(=O)C=C)cc2)cc1. The van der Waals surface area contributed by atoms with E-state index in [-0.39, 0.29) is 5.41 Å². The lowest BCUT2D eigenvalue weighted by atomic mass is 9.72. The minimum atomic E-state index is -0.473. The number of benzene rings is 2. The van der Waals surface area contributed by atoms with Crippen LogP contribution in [0.3, 0.4) is 0 Å². The van der Waals surface area contributed by atoms with Gasteiger partial charge in [-0.3, -0.25) is 0 Å². The fourth-order valence-corrected chi connectivity index (χ4v) is 4.17. The van der Waals surface area contributed by atoms with Gasteiger partial charge in [0.2, 0.25) is 0 Å². The van der Waals surface area contributed by atoms with Crippen LogP contribution in [-0.2, 0) is 15.0 Å². The molecule has 0 fully saturated rings. The van der Waals surface area contributed by atoms with E-state index >= 15 is 0 Å². The zero-order valence-electron chi connectivity index (χ0n) is 20.7. The third-order valence-corrected chi connectivity index (χ3v) is 6.28. The highest BCUT2D eigenvalue weighted by atomic mass is 16.5. The van der Waals surface area contributed by atoms with E-state index in [1.807, 2.05) is 48.5 Å². The van der Waals surface area contributed by atoms with Gasteiger partial charge in [0.1, 0.15) is 11.5 Å². The fourth-order valence-electron chi connectivity index (χ4n) is 4.17. The van der Waals surface area contributed by atoms with Gasteiger partial charge in [-0.2, -0.15) is 0 Å². The predicted octanol–water partition coefficient (Wildman–Crippen LogP) is 7.71. The molecule has 34 heavy (non-hydrogen) atoms. The van der Waals surface area contributed by atoms with Crippen LogP contribution in [0, 0.1) is 0 Å². The predicted molar refractivity (Wildman–Crippen MR) is 138 cm³/mol. The van der Waals surface area contributed by atoms with E-state index in [4.69, 9.17) is 9.47 Å². The average Bonchev–Trinajstić information content (AvgIpc) is 2.86. The zero-order valence-corrected chi connectivity index (χ0v) is 20.7. The Kier molecular flexibility index (Phi) is 11.3. The van der Waals surface area contributed by atoms with Gasteiger partial charge in [0, 0.05) is 17.6 Å². The third kappa shape index (κ3) is 8.33. The van der Waals surface area contributed by atoms with E-state index in [2.05, 4.69) is 27.0 Å². The monoisotopic (exact) mass is 462 g/mol. The van der Waals surface area contributed by atoms with Crippen LogP contribution in [0.1, 0.15) is 82.8 Å². The van der Waals surface area contributed by atoms with Crippen LogP contribution in [0.2, 0.25) is 0 Å². The highest BCUT2D eigenvalue weighted by Gasteiger charge is 2.28. The first-order chi connectivity index (χ1) is 16.4. The Morgan fingerprint density at radius 3 is 1.47 bits per heavy atom. The number of rotatable bonds is 15. The van der Waals surface area contributed by atoms with Crippen molar-refractivity contribution >= 4 is 11.9 Å². The summed E-state index contributed by atoms with van der Waals surface area (Å²) in [6, 6.07) is 15.4. The number of esters is 2. The Labute approximate surface area is 204 Å². The van der Waals surface area contributed by atoms with Gasteiger partial charge in [-0.25, -0.2) is 9.59 Å². The summed E-state index contributed by atoms with van der Waals surface area (Å²) >= 11 is 0. The number of carbonyl (C=O) groups excluding carboxylic acids is 2. The Bertz CT molecular complexity index is 860. The highest BCUT2D eigenvalue weighted by Crippen LogP contribution is 2.38. The molecule has 4 heteroatoms. The fraction of sp³-hybridized carbons (Fsp3) is 0.400. The van der Waals surface area contributed by atoms with Gasteiger partial charge < -0.3 is 9.47 Å². The summed E-state index contributed by atoms with van der Waals surface area (Å²) in [6.07, 6.45) is 13.4. The molecule has 0 N–H and O–H groups in total. The van der Waals surface area contributed by atoms with Crippen molar-refractivity contribution in [2.45, 2.75) is 77.0 Å². The van der Waals surface area contributed by atoms with E-state index in [9.17, 15) is 9.59 Å². The molecule has 0 spiro atoms. The topological polar surface area (TPSA) is 52.6 Å². The minimum absolute atomic E-state index is 0.232. The molecule has 0 amide bonds. The van der Waals surface area contributed by atoms with Gasteiger partial charge in [0.25, 0.3) is 0 Å². The molecule has 2 aromatic carbocycles. The van der Waals surface area contributed by atoms with Crippen LogP contribution in [0.4, 0.5) is 0 Å².